The van der Waals surface area contributed by atoms with Crippen molar-refractivity contribution in [3.8, 4) is 204 Å². The maximum Gasteiger partial charge on any atom is 0.165 e. The molecule has 10 aromatic heterocycles. The number of hydrogen-bond acceptors (Lipinski definition) is 16. The number of rotatable bonds is 18. The molecule has 0 aliphatic heterocycles. The molecule has 0 spiro atoms. The molecule has 0 saturated carbocycles. The van der Waals surface area contributed by atoms with E-state index < -0.39 is 0 Å². The molecule has 564 valence electrons. The standard InChI is InChI=1S/2C52H34N8/c1-6-17-35(18-7-1)41-31-46(42-30-29-40(34-53-42)52-59-50(38-23-12-4-13-24-38)58-51(60-52)39-25-14-5-15-26-39)55-47(32-41)43-27-16-28-44(54-43)48-33-45(36-19-8-2-9-20-36)56-49(57-48)37-21-10-3-11-22-37;1-6-17-35(18-7-1)41-32-46(42-27-16-28-43(54-42)48-34-44(36-19-8-2-9-20-36)56-49(57-48)37-21-10-3-11-22-37)55-47(33-41)45-31-40(29-30-53-45)52-59-50(38-23-12-4-13-24-38)58-51(60-52)39-25-14-5-15-26-39/h2*1-34H. The van der Waals surface area contributed by atoms with Crippen LogP contribution in [0.15, 0.2) is 413 Å². The van der Waals surface area contributed by atoms with Gasteiger partial charge >= 0.3 is 0 Å². The minimum Gasteiger partial charge on any atom is -0.255 e. The summed E-state index contributed by atoms with van der Waals surface area (Å²) in [5.74, 6) is 4.69. The molecule has 0 radical (unpaired) electrons. The van der Waals surface area contributed by atoms with Gasteiger partial charge in [0, 0.05) is 68.0 Å². The minimum atomic E-state index is 0.532. The largest absolute Gasteiger partial charge is 0.255 e. The second-order valence-corrected chi connectivity index (χ2v) is 28.1. The van der Waals surface area contributed by atoms with Crippen molar-refractivity contribution in [3.05, 3.63) is 413 Å². The van der Waals surface area contributed by atoms with Gasteiger partial charge in [0.2, 0.25) is 0 Å². The van der Waals surface area contributed by atoms with E-state index >= 15 is 0 Å². The van der Waals surface area contributed by atoms with Gasteiger partial charge in [-0.15, -0.1) is 0 Å². The van der Waals surface area contributed by atoms with Gasteiger partial charge in [-0.3, -0.25) is 9.97 Å². The first-order chi connectivity index (χ1) is 59.4. The van der Waals surface area contributed by atoms with E-state index in [9.17, 15) is 0 Å². The molecule has 0 saturated heterocycles. The molecule has 0 aliphatic carbocycles. The van der Waals surface area contributed by atoms with Gasteiger partial charge in [0.05, 0.1) is 79.7 Å². The van der Waals surface area contributed by atoms with E-state index in [0.717, 1.165) is 89.3 Å². The van der Waals surface area contributed by atoms with E-state index in [1.807, 2.05) is 328 Å². The van der Waals surface area contributed by atoms with Gasteiger partial charge < -0.3 is 0 Å². The van der Waals surface area contributed by atoms with Crippen LogP contribution in [0.3, 0.4) is 0 Å². The van der Waals surface area contributed by atoms with Crippen molar-refractivity contribution >= 4 is 0 Å². The van der Waals surface area contributed by atoms with Gasteiger partial charge in [-0.2, -0.15) is 0 Å². The van der Waals surface area contributed by atoms with E-state index in [1.54, 1.807) is 12.4 Å². The van der Waals surface area contributed by atoms with Crippen molar-refractivity contribution in [1.82, 2.24) is 79.7 Å². The highest BCUT2D eigenvalue weighted by molar-refractivity contribution is 5.81. The summed E-state index contributed by atoms with van der Waals surface area (Å²) in [5, 5.41) is 0. The Morgan fingerprint density at radius 1 is 0.108 bits per heavy atom. The predicted octanol–water partition coefficient (Wildman–Crippen LogP) is 23.7. The van der Waals surface area contributed by atoms with Crippen LogP contribution in [0.25, 0.3) is 204 Å². The maximum atomic E-state index is 5.22. The molecule has 0 N–H and O–H groups in total. The number of pyridine rings is 6. The highest BCUT2D eigenvalue weighted by Gasteiger charge is 2.21. The smallest absolute Gasteiger partial charge is 0.165 e. The molecule has 10 heterocycles. The Hall–Kier alpha value is -16.7. The van der Waals surface area contributed by atoms with Gasteiger partial charge in [0.15, 0.2) is 46.6 Å². The first-order valence-corrected chi connectivity index (χ1v) is 39.2. The van der Waals surface area contributed by atoms with E-state index in [2.05, 4.69) is 72.8 Å². The SMILES string of the molecule is c1ccc(-c2cc(-c3cc(-c4nc(-c5ccccc5)nc(-c5ccccc5)n4)ccn3)nc(-c3cccc(-c4cc(-c5ccccc5)nc(-c5ccccc5)n4)n3)c2)cc1.c1ccc(-c2cc(-c3ccc(-c4nc(-c5ccccc5)nc(-c5ccccc5)n4)cn3)nc(-c3cccc(-c4cc(-c5ccccc5)nc(-c5ccccc5)n4)n3)c2)cc1. The first-order valence-electron chi connectivity index (χ1n) is 39.2. The van der Waals surface area contributed by atoms with Gasteiger partial charge in [-0.25, -0.2) is 69.8 Å². The Balaban J connectivity index is 0.000000159. The van der Waals surface area contributed by atoms with Crippen molar-refractivity contribution in [3.63, 3.8) is 0 Å². The van der Waals surface area contributed by atoms with Crippen LogP contribution in [0.4, 0.5) is 0 Å². The summed E-state index contributed by atoms with van der Waals surface area (Å²) >= 11 is 0. The molecule has 0 unspecified atom stereocenters. The predicted molar refractivity (Wildman–Crippen MR) is 475 cm³/mol. The summed E-state index contributed by atoms with van der Waals surface area (Å²) < 4.78 is 0. The third-order valence-electron chi connectivity index (χ3n) is 20.0. The van der Waals surface area contributed by atoms with Crippen LogP contribution in [0.1, 0.15) is 0 Å². The van der Waals surface area contributed by atoms with Crippen LogP contribution >= 0.6 is 0 Å². The van der Waals surface area contributed by atoms with Crippen molar-refractivity contribution in [2.45, 2.75) is 0 Å². The lowest BCUT2D eigenvalue weighted by Gasteiger charge is -2.12. The summed E-state index contributed by atoms with van der Waals surface area (Å²) in [5.41, 5.74) is 23.1. The fourth-order valence-corrected chi connectivity index (χ4v) is 14.0. The molecule has 0 bridgehead atoms. The van der Waals surface area contributed by atoms with Crippen LogP contribution in [-0.4, -0.2) is 79.7 Å². The molecule has 10 aromatic carbocycles. The molecular formula is C104H68N16. The Bertz CT molecular complexity index is 6550. The van der Waals surface area contributed by atoms with Crippen molar-refractivity contribution in [2.75, 3.05) is 0 Å². The molecule has 20 aromatic rings. The molecule has 20 rings (SSSR count). The highest BCUT2D eigenvalue weighted by atomic mass is 15.0. The monoisotopic (exact) mass is 1540 g/mol. The Kier molecular flexibility index (Phi) is 20.9. The summed E-state index contributed by atoms with van der Waals surface area (Å²) in [7, 11) is 0. The van der Waals surface area contributed by atoms with E-state index in [-0.39, 0.29) is 0 Å². The van der Waals surface area contributed by atoms with Crippen LogP contribution in [0, 0.1) is 0 Å². The highest BCUT2D eigenvalue weighted by Crippen LogP contribution is 2.37. The van der Waals surface area contributed by atoms with Crippen molar-refractivity contribution in [2.24, 2.45) is 0 Å². The third kappa shape index (κ3) is 16.7. The molecule has 120 heavy (non-hydrogen) atoms. The average molecular weight is 1540 g/mol. The molecule has 0 fully saturated rings. The van der Waals surface area contributed by atoms with Crippen LogP contribution < -0.4 is 0 Å². The quantitative estimate of drug-likeness (QED) is 0.0783. The Morgan fingerprint density at radius 3 is 0.667 bits per heavy atom. The van der Waals surface area contributed by atoms with E-state index in [4.69, 9.17) is 79.7 Å². The third-order valence-corrected chi connectivity index (χ3v) is 20.0. The zero-order chi connectivity index (χ0) is 80.2. The van der Waals surface area contributed by atoms with Crippen LogP contribution in [0.2, 0.25) is 0 Å². The van der Waals surface area contributed by atoms with Crippen molar-refractivity contribution < 1.29 is 0 Å². The molecule has 0 aliphatic rings. The van der Waals surface area contributed by atoms with Gasteiger partial charge in [0.1, 0.15) is 0 Å². The van der Waals surface area contributed by atoms with E-state index in [1.165, 1.54) is 0 Å². The topological polar surface area (TPSA) is 206 Å². The number of hydrogen-bond donors (Lipinski definition) is 0. The van der Waals surface area contributed by atoms with Crippen LogP contribution in [0.5, 0.6) is 0 Å². The lowest BCUT2D eigenvalue weighted by Crippen LogP contribution is -2.01. The molecule has 16 heteroatoms. The van der Waals surface area contributed by atoms with Crippen molar-refractivity contribution in [1.29, 1.82) is 0 Å². The zero-order valence-corrected chi connectivity index (χ0v) is 64.4. The Morgan fingerprint density at radius 2 is 0.350 bits per heavy atom. The van der Waals surface area contributed by atoms with Gasteiger partial charge in [-0.05, 0) is 107 Å². The summed E-state index contributed by atoms with van der Waals surface area (Å²) in [6.07, 6.45) is 3.57. The lowest BCUT2D eigenvalue weighted by atomic mass is 10.0. The van der Waals surface area contributed by atoms with Gasteiger partial charge in [0.25, 0.3) is 0 Å². The normalized spacial score (nSPS) is 11.0. The summed E-state index contributed by atoms with van der Waals surface area (Å²) in [6, 6.07) is 133. The maximum absolute atomic E-state index is 5.22. The zero-order valence-electron chi connectivity index (χ0n) is 64.4. The second kappa shape index (κ2) is 34.1. The lowest BCUT2D eigenvalue weighted by molar-refractivity contribution is 1.07. The summed E-state index contributed by atoms with van der Waals surface area (Å²) in [4.78, 5) is 80.0. The summed E-state index contributed by atoms with van der Waals surface area (Å²) in [6.45, 7) is 0. The second-order valence-electron chi connectivity index (χ2n) is 28.1. The average Bonchev–Trinajstić information content (AvgIpc) is 0.810. The fourth-order valence-electron chi connectivity index (χ4n) is 14.0. The molecular weight excluding hydrogens is 1470 g/mol. The van der Waals surface area contributed by atoms with Gasteiger partial charge in [-0.1, -0.05) is 315 Å². The molecule has 16 nitrogen and oxygen atoms in total. The number of benzene rings is 10. The number of aromatic nitrogens is 16. The minimum absolute atomic E-state index is 0.532. The fraction of sp³-hybridized carbons (Fsp3) is 0. The van der Waals surface area contributed by atoms with Crippen LogP contribution in [-0.2, 0) is 0 Å². The molecule has 0 amide bonds. The Labute approximate surface area is 692 Å². The first kappa shape index (κ1) is 73.5. The number of nitrogens with zero attached hydrogens (tertiary/aromatic N) is 16. The molecule has 0 atom stereocenters. The van der Waals surface area contributed by atoms with E-state index in [0.29, 0.717) is 115 Å².